The molecule has 1 heterocycles. The van der Waals surface area contributed by atoms with Crippen molar-refractivity contribution < 1.29 is 32.3 Å². The van der Waals surface area contributed by atoms with Crippen molar-refractivity contribution in [3.63, 3.8) is 0 Å². The van der Waals surface area contributed by atoms with Gasteiger partial charge in [0.1, 0.15) is 6.67 Å². The average Bonchev–Trinajstić information content (AvgIpc) is 2.77. The Morgan fingerprint density at radius 3 is 2.13 bits per heavy atom. The number of amides is 1. The van der Waals surface area contributed by atoms with Crippen LogP contribution in [-0.4, -0.2) is 22.0 Å². The maximum atomic E-state index is 13.6. The lowest BCUT2D eigenvalue weighted by Crippen LogP contribution is -2.31. The quantitative estimate of drug-likeness (QED) is 0.549. The molecule has 2 N–H and O–H groups in total. The molecular formula is C22H16F4N2O3. The highest BCUT2D eigenvalue weighted by atomic mass is 19.4. The topological polar surface area (TPSA) is 79.3 Å². The number of carboxylic acid groups (broad SMARTS) is 1. The number of alkyl halides is 4. The van der Waals surface area contributed by atoms with Crippen LogP contribution in [0.5, 0.6) is 0 Å². The van der Waals surface area contributed by atoms with Gasteiger partial charge in [-0.1, -0.05) is 24.3 Å². The molecule has 31 heavy (non-hydrogen) atoms. The summed E-state index contributed by atoms with van der Waals surface area (Å²) >= 11 is 0. The van der Waals surface area contributed by atoms with Gasteiger partial charge in [-0.25, -0.2) is 9.18 Å². The van der Waals surface area contributed by atoms with E-state index in [0.29, 0.717) is 5.56 Å². The van der Waals surface area contributed by atoms with E-state index in [1.54, 1.807) is 0 Å². The fraction of sp³-hybridized carbons (Fsp3) is 0.136. The molecule has 0 aliphatic rings. The monoisotopic (exact) mass is 432 g/mol. The lowest BCUT2D eigenvalue weighted by molar-refractivity contribution is -0.138. The summed E-state index contributed by atoms with van der Waals surface area (Å²) in [4.78, 5) is 27.6. The van der Waals surface area contributed by atoms with Crippen molar-refractivity contribution in [1.82, 2.24) is 10.3 Å². The van der Waals surface area contributed by atoms with Crippen LogP contribution in [0.3, 0.4) is 0 Å². The fourth-order valence-electron chi connectivity index (χ4n) is 2.97. The predicted octanol–water partition coefficient (Wildman–Crippen LogP) is 4.79. The largest absolute Gasteiger partial charge is 0.478 e. The Labute approximate surface area is 174 Å². The summed E-state index contributed by atoms with van der Waals surface area (Å²) in [5.74, 6) is -1.91. The Morgan fingerprint density at radius 1 is 0.968 bits per heavy atom. The number of aromatic carboxylic acids is 1. The molecule has 5 nitrogen and oxygen atoms in total. The van der Waals surface area contributed by atoms with Crippen LogP contribution < -0.4 is 5.32 Å². The molecule has 0 aliphatic carbocycles. The smallest absolute Gasteiger partial charge is 0.418 e. The number of aromatic nitrogens is 1. The first kappa shape index (κ1) is 21.9. The normalized spacial score (nSPS) is 12.3. The van der Waals surface area contributed by atoms with Crippen LogP contribution in [0.2, 0.25) is 0 Å². The predicted molar refractivity (Wildman–Crippen MR) is 103 cm³/mol. The first-order valence-electron chi connectivity index (χ1n) is 9.02. The second-order valence-electron chi connectivity index (χ2n) is 6.60. The third-order valence-electron chi connectivity index (χ3n) is 4.55. The van der Waals surface area contributed by atoms with Gasteiger partial charge in [-0.05, 0) is 47.5 Å². The lowest BCUT2D eigenvalue weighted by Gasteiger charge is -2.22. The molecular weight excluding hydrogens is 416 g/mol. The lowest BCUT2D eigenvalue weighted by atomic mass is 9.97. The van der Waals surface area contributed by atoms with Crippen LogP contribution >= 0.6 is 0 Å². The van der Waals surface area contributed by atoms with Crippen molar-refractivity contribution >= 4 is 11.9 Å². The van der Waals surface area contributed by atoms with Crippen molar-refractivity contribution in [2.45, 2.75) is 18.9 Å². The third kappa shape index (κ3) is 5.06. The molecule has 0 fully saturated rings. The number of rotatable bonds is 6. The third-order valence-corrected chi connectivity index (χ3v) is 4.55. The molecule has 0 aliphatic heterocycles. The number of carbonyl (C=O) groups is 2. The maximum absolute atomic E-state index is 13.6. The van der Waals surface area contributed by atoms with Gasteiger partial charge >= 0.3 is 12.1 Å². The van der Waals surface area contributed by atoms with E-state index in [1.165, 1.54) is 54.7 Å². The highest BCUT2D eigenvalue weighted by Crippen LogP contribution is 2.35. The van der Waals surface area contributed by atoms with Crippen LogP contribution in [-0.2, 0) is 12.9 Å². The number of benzene rings is 2. The number of nitrogens with zero attached hydrogens (tertiary/aromatic N) is 1. The zero-order valence-electron chi connectivity index (χ0n) is 15.9. The first-order valence-corrected chi connectivity index (χ1v) is 9.02. The minimum absolute atomic E-state index is 0.0426. The Kier molecular flexibility index (Phi) is 6.33. The highest BCUT2D eigenvalue weighted by molar-refractivity contribution is 5.96. The van der Waals surface area contributed by atoms with Gasteiger partial charge in [0.25, 0.3) is 5.91 Å². The van der Waals surface area contributed by atoms with E-state index in [2.05, 4.69) is 10.3 Å². The molecule has 0 radical (unpaired) electrons. The van der Waals surface area contributed by atoms with Gasteiger partial charge in [-0.2, -0.15) is 13.2 Å². The molecule has 1 amide bonds. The Morgan fingerprint density at radius 2 is 1.58 bits per heavy atom. The first-order chi connectivity index (χ1) is 14.7. The van der Waals surface area contributed by atoms with Gasteiger partial charge in [-0.15, -0.1) is 0 Å². The second kappa shape index (κ2) is 8.95. The van der Waals surface area contributed by atoms with E-state index >= 15 is 0 Å². The van der Waals surface area contributed by atoms with E-state index in [9.17, 15) is 27.2 Å². The van der Waals surface area contributed by atoms with Crippen molar-refractivity contribution in [3.05, 3.63) is 100 Å². The zero-order valence-corrected chi connectivity index (χ0v) is 15.9. The van der Waals surface area contributed by atoms with Crippen molar-refractivity contribution in [1.29, 1.82) is 0 Å². The minimum atomic E-state index is -4.71. The number of pyridine rings is 1. The van der Waals surface area contributed by atoms with Gasteiger partial charge in [0.15, 0.2) is 0 Å². The standard InChI is InChI=1S/C22H16F4N2O3/c23-12-13-3-5-14(6-4-13)18(19-17(22(24,25)26)2-1-11-27-19)28-20(29)15-7-9-16(10-8-15)21(30)31/h1-11,18H,12H2,(H,28,29)(H,30,31)/t18-/m0/s1. The van der Waals surface area contributed by atoms with E-state index in [-0.39, 0.29) is 16.7 Å². The summed E-state index contributed by atoms with van der Waals surface area (Å²) in [6.45, 7) is -0.745. The zero-order chi connectivity index (χ0) is 22.6. The maximum Gasteiger partial charge on any atom is 0.418 e. The van der Waals surface area contributed by atoms with Crippen LogP contribution in [0.15, 0.2) is 66.9 Å². The molecule has 0 saturated heterocycles. The number of nitrogens with one attached hydrogen (secondary N) is 1. The van der Waals surface area contributed by atoms with E-state index in [1.807, 2.05) is 0 Å². The number of hydrogen-bond donors (Lipinski definition) is 2. The number of carbonyl (C=O) groups excluding carboxylic acids is 1. The molecule has 0 saturated carbocycles. The number of hydrogen-bond acceptors (Lipinski definition) is 3. The molecule has 160 valence electrons. The number of halogens is 4. The molecule has 0 unspecified atom stereocenters. The van der Waals surface area contributed by atoms with Crippen LogP contribution in [0.25, 0.3) is 0 Å². The SMILES string of the molecule is O=C(O)c1ccc(C(=O)N[C@@H](c2ccc(CF)cc2)c2ncccc2C(F)(F)F)cc1. The molecule has 0 spiro atoms. The Hall–Kier alpha value is -3.75. The van der Waals surface area contributed by atoms with Crippen molar-refractivity contribution in [3.8, 4) is 0 Å². The summed E-state index contributed by atoms with van der Waals surface area (Å²) < 4.78 is 53.5. The van der Waals surface area contributed by atoms with Crippen molar-refractivity contribution in [2.24, 2.45) is 0 Å². The molecule has 0 bridgehead atoms. The Balaban J connectivity index is 2.02. The van der Waals surface area contributed by atoms with Gasteiger partial charge in [0, 0.05) is 11.8 Å². The fourth-order valence-corrected chi connectivity index (χ4v) is 2.97. The molecule has 3 aromatic rings. The van der Waals surface area contributed by atoms with Gasteiger partial charge < -0.3 is 10.4 Å². The van der Waals surface area contributed by atoms with Gasteiger partial charge in [0.2, 0.25) is 0 Å². The average molecular weight is 432 g/mol. The molecule has 1 atom stereocenters. The summed E-state index contributed by atoms with van der Waals surface area (Å²) in [5.41, 5.74) is -0.819. The van der Waals surface area contributed by atoms with Gasteiger partial charge in [0.05, 0.1) is 22.9 Å². The Bertz CT molecular complexity index is 1080. The van der Waals surface area contributed by atoms with E-state index in [0.717, 1.165) is 12.1 Å². The van der Waals surface area contributed by atoms with Crippen molar-refractivity contribution in [2.75, 3.05) is 0 Å². The minimum Gasteiger partial charge on any atom is -0.478 e. The summed E-state index contributed by atoms with van der Waals surface area (Å²) in [6, 6.07) is 11.3. The van der Waals surface area contributed by atoms with Gasteiger partial charge in [-0.3, -0.25) is 9.78 Å². The van der Waals surface area contributed by atoms with E-state index < -0.39 is 42.0 Å². The highest BCUT2D eigenvalue weighted by Gasteiger charge is 2.37. The van der Waals surface area contributed by atoms with Crippen LogP contribution in [0.1, 0.15) is 49.1 Å². The molecule has 9 heteroatoms. The second-order valence-corrected chi connectivity index (χ2v) is 6.60. The molecule has 2 aromatic carbocycles. The summed E-state index contributed by atoms with van der Waals surface area (Å²) in [6.07, 6.45) is -3.53. The van der Waals surface area contributed by atoms with E-state index in [4.69, 9.17) is 5.11 Å². The van der Waals surface area contributed by atoms with Crippen LogP contribution in [0, 0.1) is 0 Å². The summed E-state index contributed by atoms with van der Waals surface area (Å²) in [7, 11) is 0. The number of carboxylic acids is 1. The summed E-state index contributed by atoms with van der Waals surface area (Å²) in [5, 5.41) is 11.5. The molecule has 1 aromatic heterocycles. The van der Waals surface area contributed by atoms with Crippen LogP contribution in [0.4, 0.5) is 17.6 Å². The molecule has 3 rings (SSSR count).